The number of nitrogens with one attached hydrogen (secondary N) is 1. The molecule has 0 unspecified atom stereocenters. The molecule has 0 saturated heterocycles. The molecule has 0 aliphatic rings. The van der Waals surface area contributed by atoms with E-state index in [1.54, 1.807) is 12.1 Å². The summed E-state index contributed by atoms with van der Waals surface area (Å²) in [6, 6.07) is 16.8. The fraction of sp³-hybridized carbons (Fsp3) is 0. The normalized spacial score (nSPS) is 8.89. The molecule has 0 aromatic heterocycles. The van der Waals surface area contributed by atoms with Crippen LogP contribution < -0.4 is 22.5 Å². The standard InChI is InChI=1S/C7H8N2S.C6H8N2/c8-7(10)9-6-4-2-1-3-5-6;7-5-3-1-2-4-6(5)8/h1-5H,(H3,8,9,10);1-4H,7-8H2. The van der Waals surface area contributed by atoms with Gasteiger partial charge in [-0.2, -0.15) is 0 Å². The molecule has 0 amide bonds. The largest absolute Gasteiger partial charge is 0.397 e. The first-order chi connectivity index (χ1) is 8.59. The van der Waals surface area contributed by atoms with Crippen molar-refractivity contribution in [1.82, 2.24) is 0 Å². The van der Waals surface area contributed by atoms with Gasteiger partial charge >= 0.3 is 0 Å². The van der Waals surface area contributed by atoms with E-state index in [-0.39, 0.29) is 0 Å². The fourth-order valence-electron chi connectivity index (χ4n) is 1.17. The quantitative estimate of drug-likeness (QED) is 0.466. The highest BCUT2D eigenvalue weighted by Crippen LogP contribution is 2.10. The fourth-order valence-corrected chi connectivity index (χ4v) is 1.29. The lowest BCUT2D eigenvalue weighted by molar-refractivity contribution is 1.61. The molecule has 0 radical (unpaired) electrons. The minimum atomic E-state index is 0.297. The maximum absolute atomic E-state index is 5.39. The number of benzene rings is 2. The first-order valence-electron chi connectivity index (χ1n) is 5.31. The van der Waals surface area contributed by atoms with Gasteiger partial charge in [-0.15, -0.1) is 0 Å². The topological polar surface area (TPSA) is 90.1 Å². The lowest BCUT2D eigenvalue weighted by Crippen LogP contribution is -2.18. The summed E-state index contributed by atoms with van der Waals surface area (Å²) in [6.45, 7) is 0. The van der Waals surface area contributed by atoms with Crippen molar-refractivity contribution < 1.29 is 0 Å². The number of nitrogen functional groups attached to an aromatic ring is 2. The maximum Gasteiger partial charge on any atom is 0.168 e. The zero-order valence-corrected chi connectivity index (χ0v) is 10.7. The molecule has 5 heteroatoms. The summed E-state index contributed by atoms with van der Waals surface area (Å²) >= 11 is 4.64. The van der Waals surface area contributed by atoms with Crippen LogP contribution in [0.25, 0.3) is 0 Å². The first-order valence-corrected chi connectivity index (χ1v) is 5.72. The van der Waals surface area contributed by atoms with E-state index in [1.165, 1.54) is 0 Å². The van der Waals surface area contributed by atoms with Gasteiger partial charge in [0.2, 0.25) is 0 Å². The maximum atomic E-state index is 5.39. The van der Waals surface area contributed by atoms with Crippen LogP contribution in [0.5, 0.6) is 0 Å². The van der Waals surface area contributed by atoms with Crippen molar-refractivity contribution >= 4 is 34.4 Å². The molecule has 7 N–H and O–H groups in total. The second-order valence-electron chi connectivity index (χ2n) is 3.48. The van der Waals surface area contributed by atoms with E-state index >= 15 is 0 Å². The van der Waals surface area contributed by atoms with Gasteiger partial charge in [-0.25, -0.2) is 0 Å². The Morgan fingerprint density at radius 1 is 0.833 bits per heavy atom. The summed E-state index contributed by atoms with van der Waals surface area (Å²) < 4.78 is 0. The molecule has 0 fully saturated rings. The Balaban J connectivity index is 0.000000184. The molecule has 94 valence electrons. The first kappa shape index (κ1) is 13.8. The van der Waals surface area contributed by atoms with Crippen LogP contribution in [0, 0.1) is 0 Å². The SMILES string of the molecule is NC(=S)Nc1ccccc1.Nc1ccccc1N. The highest BCUT2D eigenvalue weighted by atomic mass is 32.1. The van der Waals surface area contributed by atoms with Gasteiger partial charge in [0, 0.05) is 5.69 Å². The van der Waals surface area contributed by atoms with Crippen LogP contribution in [0.3, 0.4) is 0 Å². The Morgan fingerprint density at radius 2 is 1.28 bits per heavy atom. The molecular formula is C13H16N4S. The van der Waals surface area contributed by atoms with Crippen LogP contribution in [0.2, 0.25) is 0 Å². The number of hydrogen-bond donors (Lipinski definition) is 4. The number of nitrogens with two attached hydrogens (primary N) is 3. The van der Waals surface area contributed by atoms with E-state index in [9.17, 15) is 0 Å². The molecule has 0 heterocycles. The van der Waals surface area contributed by atoms with Crippen molar-refractivity contribution in [2.45, 2.75) is 0 Å². The Labute approximate surface area is 112 Å². The second kappa shape index (κ2) is 7.13. The van der Waals surface area contributed by atoms with Crippen LogP contribution in [-0.2, 0) is 0 Å². The minimum Gasteiger partial charge on any atom is -0.397 e. The molecule has 2 rings (SSSR count). The smallest absolute Gasteiger partial charge is 0.168 e. The van der Waals surface area contributed by atoms with Crippen LogP contribution in [-0.4, -0.2) is 5.11 Å². The Bertz CT molecular complexity index is 478. The van der Waals surface area contributed by atoms with Crippen molar-refractivity contribution in [2.75, 3.05) is 16.8 Å². The molecule has 18 heavy (non-hydrogen) atoms. The zero-order chi connectivity index (χ0) is 13.4. The van der Waals surface area contributed by atoms with Crippen LogP contribution in [0.1, 0.15) is 0 Å². The third-order valence-corrected chi connectivity index (χ3v) is 2.14. The molecular weight excluding hydrogens is 244 g/mol. The highest BCUT2D eigenvalue weighted by Gasteiger charge is 1.87. The Kier molecular flexibility index (Phi) is 5.47. The van der Waals surface area contributed by atoms with Crippen molar-refractivity contribution in [2.24, 2.45) is 5.73 Å². The van der Waals surface area contributed by atoms with Gasteiger partial charge in [0.05, 0.1) is 11.4 Å². The zero-order valence-electron chi connectivity index (χ0n) is 9.84. The molecule has 0 saturated carbocycles. The van der Waals surface area contributed by atoms with Crippen molar-refractivity contribution in [1.29, 1.82) is 0 Å². The highest BCUT2D eigenvalue weighted by molar-refractivity contribution is 7.80. The predicted molar refractivity (Wildman–Crippen MR) is 82.1 cm³/mol. The number of para-hydroxylation sites is 3. The van der Waals surface area contributed by atoms with E-state index in [1.807, 2.05) is 42.5 Å². The van der Waals surface area contributed by atoms with Crippen LogP contribution in [0.4, 0.5) is 17.1 Å². The molecule has 2 aromatic carbocycles. The van der Waals surface area contributed by atoms with Crippen molar-refractivity contribution in [3.05, 3.63) is 54.6 Å². The number of anilines is 3. The molecule has 0 spiro atoms. The summed E-state index contributed by atoms with van der Waals surface area (Å²) in [7, 11) is 0. The summed E-state index contributed by atoms with van der Waals surface area (Å²) in [4.78, 5) is 0. The summed E-state index contributed by atoms with van der Waals surface area (Å²) in [5.74, 6) is 0. The van der Waals surface area contributed by atoms with Crippen molar-refractivity contribution in [3.8, 4) is 0 Å². The molecule has 2 aromatic rings. The van der Waals surface area contributed by atoms with Gasteiger partial charge in [0.25, 0.3) is 0 Å². The molecule has 0 aliphatic heterocycles. The van der Waals surface area contributed by atoms with Gasteiger partial charge < -0.3 is 22.5 Å². The van der Waals surface area contributed by atoms with E-state index in [0.717, 1.165) is 5.69 Å². The number of rotatable bonds is 1. The lowest BCUT2D eigenvalue weighted by Gasteiger charge is -2.00. The second-order valence-corrected chi connectivity index (χ2v) is 3.92. The van der Waals surface area contributed by atoms with Crippen LogP contribution >= 0.6 is 12.2 Å². The summed E-state index contributed by atoms with van der Waals surface area (Å²) in [5, 5.41) is 3.11. The number of hydrogen-bond acceptors (Lipinski definition) is 3. The molecule has 0 atom stereocenters. The third-order valence-electron chi connectivity index (χ3n) is 2.04. The van der Waals surface area contributed by atoms with E-state index in [0.29, 0.717) is 16.5 Å². The van der Waals surface area contributed by atoms with E-state index in [2.05, 4.69) is 17.5 Å². The predicted octanol–water partition coefficient (Wildman–Crippen LogP) is 2.19. The van der Waals surface area contributed by atoms with Gasteiger partial charge in [-0.1, -0.05) is 30.3 Å². The monoisotopic (exact) mass is 260 g/mol. The summed E-state index contributed by atoms with van der Waals surface area (Å²) in [5.41, 5.74) is 18.3. The summed E-state index contributed by atoms with van der Waals surface area (Å²) in [6.07, 6.45) is 0. The van der Waals surface area contributed by atoms with Gasteiger partial charge in [-0.05, 0) is 36.5 Å². The van der Waals surface area contributed by atoms with Crippen LogP contribution in [0.15, 0.2) is 54.6 Å². The Morgan fingerprint density at radius 3 is 1.67 bits per heavy atom. The number of thiocarbonyl (C=S) groups is 1. The van der Waals surface area contributed by atoms with Crippen molar-refractivity contribution in [3.63, 3.8) is 0 Å². The molecule has 0 bridgehead atoms. The Hall–Kier alpha value is -2.27. The van der Waals surface area contributed by atoms with Gasteiger partial charge in [0.15, 0.2) is 5.11 Å². The molecule has 4 nitrogen and oxygen atoms in total. The molecule has 0 aliphatic carbocycles. The average molecular weight is 260 g/mol. The lowest BCUT2D eigenvalue weighted by atomic mass is 10.3. The average Bonchev–Trinajstić information content (AvgIpc) is 2.34. The minimum absolute atomic E-state index is 0.297. The van der Waals surface area contributed by atoms with Gasteiger partial charge in [0.1, 0.15) is 0 Å². The van der Waals surface area contributed by atoms with E-state index in [4.69, 9.17) is 17.2 Å². The van der Waals surface area contributed by atoms with Gasteiger partial charge in [-0.3, -0.25) is 0 Å². The third kappa shape index (κ3) is 5.18. The van der Waals surface area contributed by atoms with E-state index < -0.39 is 0 Å².